The molecule has 0 aliphatic carbocycles. The van der Waals surface area contributed by atoms with Crippen LogP contribution in [-0.4, -0.2) is 68.5 Å². The Morgan fingerprint density at radius 1 is 1.14 bits per heavy atom. The number of aliphatic imine (C=N–C) groups is 1. The lowest BCUT2D eigenvalue weighted by Crippen LogP contribution is -2.38. The van der Waals surface area contributed by atoms with Crippen LogP contribution >= 0.6 is 0 Å². The number of nitrogens with zero attached hydrogens (tertiary/aromatic N) is 3. The molecule has 0 unspecified atom stereocenters. The van der Waals surface area contributed by atoms with Crippen LogP contribution < -0.4 is 10.6 Å². The van der Waals surface area contributed by atoms with Crippen molar-refractivity contribution in [2.24, 2.45) is 10.9 Å². The van der Waals surface area contributed by atoms with Gasteiger partial charge in [-0.15, -0.1) is 0 Å². The molecule has 0 radical (unpaired) electrons. The van der Waals surface area contributed by atoms with Crippen molar-refractivity contribution in [2.45, 2.75) is 46.1 Å². The Morgan fingerprint density at radius 3 is 2.45 bits per heavy atom. The third-order valence-electron chi connectivity index (χ3n) is 5.44. The second-order valence-electron chi connectivity index (χ2n) is 8.25. The number of unbranched alkanes of at least 4 members (excludes halogenated alkanes) is 1. The number of rotatable bonds is 9. The molecule has 1 aliphatic heterocycles. The summed E-state index contributed by atoms with van der Waals surface area (Å²) in [5.74, 6) is 1.78. The summed E-state index contributed by atoms with van der Waals surface area (Å²) in [6.07, 6.45) is 5.07. The lowest BCUT2D eigenvalue weighted by atomic mass is 9.99. The van der Waals surface area contributed by atoms with Gasteiger partial charge in [-0.05, 0) is 75.9 Å². The summed E-state index contributed by atoms with van der Waals surface area (Å²) in [5.41, 5.74) is 1.80. The number of hydrogen-bond donors (Lipinski definition) is 2. The molecule has 2 N–H and O–H groups in total. The Hall–Kier alpha value is -2.08. The topological polar surface area (TPSA) is 60.0 Å². The van der Waals surface area contributed by atoms with E-state index < -0.39 is 0 Å². The van der Waals surface area contributed by atoms with Gasteiger partial charge in [-0.1, -0.05) is 19.1 Å². The number of carbonyl (C=O) groups excluding carboxylic acids is 1. The lowest BCUT2D eigenvalue weighted by molar-refractivity contribution is 0.0827. The molecule has 6 nitrogen and oxygen atoms in total. The van der Waals surface area contributed by atoms with E-state index in [9.17, 15) is 4.79 Å². The molecule has 0 saturated carbocycles. The van der Waals surface area contributed by atoms with Crippen LogP contribution in [0.4, 0.5) is 0 Å². The van der Waals surface area contributed by atoms with E-state index in [4.69, 9.17) is 0 Å². The van der Waals surface area contributed by atoms with Gasteiger partial charge < -0.3 is 20.4 Å². The number of amides is 1. The largest absolute Gasteiger partial charge is 0.357 e. The van der Waals surface area contributed by atoms with Crippen LogP contribution in [0.1, 0.15) is 55.5 Å². The van der Waals surface area contributed by atoms with E-state index in [1.54, 1.807) is 19.0 Å². The molecule has 1 aliphatic rings. The molecular weight excluding hydrogens is 362 g/mol. The van der Waals surface area contributed by atoms with Crippen molar-refractivity contribution in [3.63, 3.8) is 0 Å². The monoisotopic (exact) mass is 401 g/mol. The maximum atomic E-state index is 12.0. The number of carbonyl (C=O) groups is 1. The Labute approximate surface area is 176 Å². The number of benzene rings is 1. The number of piperidine rings is 1. The summed E-state index contributed by atoms with van der Waals surface area (Å²) in [5, 5.41) is 6.75. The zero-order chi connectivity index (χ0) is 21.1. The first-order chi connectivity index (χ1) is 14.0. The van der Waals surface area contributed by atoms with Crippen molar-refractivity contribution in [3.05, 3.63) is 35.4 Å². The first-order valence-corrected chi connectivity index (χ1v) is 11.0. The van der Waals surface area contributed by atoms with Crippen molar-refractivity contribution >= 4 is 11.9 Å². The minimum absolute atomic E-state index is 0.0223. The van der Waals surface area contributed by atoms with E-state index in [1.807, 2.05) is 24.3 Å². The minimum Gasteiger partial charge on any atom is -0.357 e. The first kappa shape index (κ1) is 23.2. The van der Waals surface area contributed by atoms with Gasteiger partial charge in [-0.25, -0.2) is 4.99 Å². The Kier molecular flexibility index (Phi) is 9.98. The van der Waals surface area contributed by atoms with Gasteiger partial charge in [0, 0.05) is 32.7 Å². The average Bonchev–Trinajstić information content (AvgIpc) is 2.72. The van der Waals surface area contributed by atoms with Crippen LogP contribution in [0.15, 0.2) is 29.3 Å². The molecule has 1 aromatic carbocycles. The van der Waals surface area contributed by atoms with E-state index in [0.717, 1.165) is 37.0 Å². The fraction of sp³-hybridized carbons (Fsp3) is 0.652. The van der Waals surface area contributed by atoms with Crippen molar-refractivity contribution in [1.82, 2.24) is 20.4 Å². The van der Waals surface area contributed by atoms with Crippen LogP contribution in [0.2, 0.25) is 0 Å². The fourth-order valence-corrected chi connectivity index (χ4v) is 3.48. The molecule has 2 rings (SSSR count). The lowest BCUT2D eigenvalue weighted by Gasteiger charge is -2.30. The van der Waals surface area contributed by atoms with E-state index in [-0.39, 0.29) is 5.91 Å². The zero-order valence-corrected chi connectivity index (χ0v) is 18.7. The highest BCUT2D eigenvalue weighted by Crippen LogP contribution is 2.16. The summed E-state index contributed by atoms with van der Waals surface area (Å²) in [6.45, 7) is 10.5. The standard InChI is InChI=1S/C23H39N5O/c1-5-24-23(25-14-6-7-15-28-16-12-19(2)13-17-28)26-18-20-8-10-21(11-9-20)22(29)27(3)4/h8-11,19H,5-7,12-18H2,1-4H3,(H2,24,25,26). The molecule has 0 aromatic heterocycles. The summed E-state index contributed by atoms with van der Waals surface area (Å²) in [6, 6.07) is 7.69. The summed E-state index contributed by atoms with van der Waals surface area (Å²) in [7, 11) is 3.53. The number of nitrogens with one attached hydrogen (secondary N) is 2. The molecule has 1 aromatic rings. The normalized spacial score (nSPS) is 15.9. The molecule has 1 heterocycles. The molecular formula is C23H39N5O. The van der Waals surface area contributed by atoms with Crippen molar-refractivity contribution in [3.8, 4) is 0 Å². The van der Waals surface area contributed by atoms with Gasteiger partial charge in [0.25, 0.3) is 5.91 Å². The van der Waals surface area contributed by atoms with Gasteiger partial charge in [-0.3, -0.25) is 4.79 Å². The van der Waals surface area contributed by atoms with Crippen LogP contribution in [-0.2, 0) is 6.54 Å². The Balaban J connectivity index is 1.72. The highest BCUT2D eigenvalue weighted by Gasteiger charge is 2.14. The fourth-order valence-electron chi connectivity index (χ4n) is 3.48. The second kappa shape index (κ2) is 12.5. The van der Waals surface area contributed by atoms with Gasteiger partial charge in [-0.2, -0.15) is 0 Å². The van der Waals surface area contributed by atoms with Crippen molar-refractivity contribution < 1.29 is 4.79 Å². The highest BCUT2D eigenvalue weighted by atomic mass is 16.2. The predicted octanol–water partition coefficient (Wildman–Crippen LogP) is 2.96. The highest BCUT2D eigenvalue weighted by molar-refractivity contribution is 5.93. The SMILES string of the molecule is CCNC(=NCc1ccc(C(=O)N(C)C)cc1)NCCCCN1CCC(C)CC1. The van der Waals surface area contributed by atoms with E-state index in [1.165, 1.54) is 38.9 Å². The average molecular weight is 402 g/mol. The number of likely N-dealkylation sites (tertiary alicyclic amines) is 1. The molecule has 1 amide bonds. The second-order valence-corrected chi connectivity index (χ2v) is 8.25. The van der Waals surface area contributed by atoms with Gasteiger partial charge >= 0.3 is 0 Å². The van der Waals surface area contributed by atoms with E-state index >= 15 is 0 Å². The van der Waals surface area contributed by atoms with Crippen LogP contribution in [0, 0.1) is 5.92 Å². The molecule has 0 spiro atoms. The quantitative estimate of drug-likeness (QED) is 0.379. The predicted molar refractivity (Wildman–Crippen MR) is 121 cm³/mol. The summed E-state index contributed by atoms with van der Waals surface area (Å²) < 4.78 is 0. The smallest absolute Gasteiger partial charge is 0.253 e. The third-order valence-corrected chi connectivity index (χ3v) is 5.44. The van der Waals surface area contributed by atoms with Crippen LogP contribution in [0.25, 0.3) is 0 Å². The molecule has 1 fully saturated rings. The summed E-state index contributed by atoms with van der Waals surface area (Å²) in [4.78, 5) is 20.8. The van der Waals surface area contributed by atoms with Gasteiger partial charge in [0.15, 0.2) is 5.96 Å². The zero-order valence-electron chi connectivity index (χ0n) is 18.7. The minimum atomic E-state index is 0.0223. The van der Waals surface area contributed by atoms with Gasteiger partial charge in [0.05, 0.1) is 6.54 Å². The molecule has 6 heteroatoms. The van der Waals surface area contributed by atoms with Crippen LogP contribution in [0.5, 0.6) is 0 Å². The molecule has 162 valence electrons. The molecule has 0 bridgehead atoms. The van der Waals surface area contributed by atoms with Gasteiger partial charge in [0.2, 0.25) is 0 Å². The van der Waals surface area contributed by atoms with Crippen molar-refractivity contribution in [2.75, 3.05) is 46.8 Å². The maximum absolute atomic E-state index is 12.0. The first-order valence-electron chi connectivity index (χ1n) is 11.0. The van der Waals surface area contributed by atoms with Crippen molar-refractivity contribution in [1.29, 1.82) is 0 Å². The summed E-state index contributed by atoms with van der Waals surface area (Å²) >= 11 is 0. The van der Waals surface area contributed by atoms with Crippen LogP contribution in [0.3, 0.4) is 0 Å². The molecule has 1 saturated heterocycles. The molecule has 29 heavy (non-hydrogen) atoms. The third kappa shape index (κ3) is 8.44. The van der Waals surface area contributed by atoms with Gasteiger partial charge in [0.1, 0.15) is 0 Å². The number of guanidine groups is 1. The number of hydrogen-bond acceptors (Lipinski definition) is 3. The van der Waals surface area contributed by atoms with E-state index in [2.05, 4.69) is 34.4 Å². The Morgan fingerprint density at radius 2 is 1.83 bits per heavy atom. The maximum Gasteiger partial charge on any atom is 0.253 e. The Bertz CT molecular complexity index is 633. The molecule has 0 atom stereocenters. The van der Waals surface area contributed by atoms with E-state index in [0.29, 0.717) is 12.1 Å².